The Hall–Kier alpha value is -0.0500. The van der Waals surface area contributed by atoms with Gasteiger partial charge in [0, 0.05) is 6.04 Å². The average molecular weight is 218 g/mol. The molecule has 1 aromatic rings. The molecule has 1 nitrogen and oxygen atoms in total. The second-order valence-electron chi connectivity index (χ2n) is 3.71. The molecule has 0 aromatic carbocycles. The summed E-state index contributed by atoms with van der Waals surface area (Å²) in [7, 11) is 0. The number of hydrogen-bond donors (Lipinski definition) is 1. The Bertz CT molecular complexity index is 257. The third-order valence-electron chi connectivity index (χ3n) is 1.92. The van der Waals surface area contributed by atoms with Gasteiger partial charge in [-0.25, -0.2) is 0 Å². The van der Waals surface area contributed by atoms with E-state index in [4.69, 9.17) is 11.6 Å². The maximum atomic E-state index is 5.86. The van der Waals surface area contributed by atoms with Crippen molar-refractivity contribution < 1.29 is 0 Å². The zero-order chi connectivity index (χ0) is 9.84. The van der Waals surface area contributed by atoms with Crippen molar-refractivity contribution >= 4 is 22.9 Å². The molecule has 1 N–H and O–H groups in total. The highest BCUT2D eigenvalue weighted by molar-refractivity contribution is 7.14. The van der Waals surface area contributed by atoms with E-state index in [1.54, 1.807) is 11.3 Å². The summed E-state index contributed by atoms with van der Waals surface area (Å²) in [6.45, 7) is 7.63. The molecule has 1 rings (SSSR count). The maximum Gasteiger partial charge on any atom is 0.0931 e. The number of rotatable bonds is 4. The smallest absolute Gasteiger partial charge is 0.0931 e. The van der Waals surface area contributed by atoms with E-state index in [0.717, 1.165) is 10.9 Å². The van der Waals surface area contributed by atoms with Crippen LogP contribution in [0.25, 0.3) is 0 Å². The van der Waals surface area contributed by atoms with Crippen molar-refractivity contribution in [3.8, 4) is 0 Å². The number of nitrogens with one attached hydrogen (secondary N) is 1. The monoisotopic (exact) mass is 217 g/mol. The van der Waals surface area contributed by atoms with Crippen LogP contribution in [0, 0.1) is 5.92 Å². The highest BCUT2D eigenvalue weighted by Gasteiger charge is 2.06. The normalized spacial score (nSPS) is 13.6. The SMILES string of the molecule is CC(C)CNC(C)c1csc(Cl)c1. The lowest BCUT2D eigenvalue weighted by atomic mass is 10.1. The topological polar surface area (TPSA) is 12.0 Å². The van der Waals surface area contributed by atoms with E-state index in [1.165, 1.54) is 5.56 Å². The van der Waals surface area contributed by atoms with E-state index in [0.29, 0.717) is 12.0 Å². The molecule has 0 aliphatic heterocycles. The van der Waals surface area contributed by atoms with Crippen LogP contribution < -0.4 is 5.32 Å². The van der Waals surface area contributed by atoms with Crippen molar-refractivity contribution in [1.82, 2.24) is 5.32 Å². The highest BCUT2D eigenvalue weighted by atomic mass is 35.5. The summed E-state index contributed by atoms with van der Waals surface area (Å²) in [5, 5.41) is 5.57. The van der Waals surface area contributed by atoms with Crippen molar-refractivity contribution in [2.75, 3.05) is 6.54 Å². The predicted molar refractivity (Wildman–Crippen MR) is 60.6 cm³/mol. The van der Waals surface area contributed by atoms with E-state index < -0.39 is 0 Å². The van der Waals surface area contributed by atoms with E-state index >= 15 is 0 Å². The number of thiophene rings is 1. The molecule has 1 atom stereocenters. The second-order valence-corrected chi connectivity index (χ2v) is 5.25. The van der Waals surface area contributed by atoms with Gasteiger partial charge in [0.25, 0.3) is 0 Å². The predicted octanol–water partition coefficient (Wildman–Crippen LogP) is 3.71. The van der Waals surface area contributed by atoms with E-state index in [9.17, 15) is 0 Å². The van der Waals surface area contributed by atoms with Gasteiger partial charge < -0.3 is 5.32 Å². The minimum absolute atomic E-state index is 0.408. The van der Waals surface area contributed by atoms with E-state index in [2.05, 4.69) is 31.5 Å². The Labute approximate surface area is 89.1 Å². The number of hydrogen-bond acceptors (Lipinski definition) is 2. The Balaban J connectivity index is 2.44. The molecule has 0 spiro atoms. The molecule has 0 aliphatic rings. The van der Waals surface area contributed by atoms with Gasteiger partial charge in [-0.05, 0) is 36.4 Å². The molecule has 0 amide bonds. The van der Waals surface area contributed by atoms with Gasteiger partial charge in [-0.3, -0.25) is 0 Å². The van der Waals surface area contributed by atoms with Gasteiger partial charge >= 0.3 is 0 Å². The van der Waals surface area contributed by atoms with Crippen molar-refractivity contribution in [3.05, 3.63) is 21.3 Å². The molecule has 74 valence electrons. The first-order valence-corrected chi connectivity index (χ1v) is 5.82. The Morgan fingerprint density at radius 2 is 2.15 bits per heavy atom. The fraction of sp³-hybridized carbons (Fsp3) is 0.600. The molecule has 1 aromatic heterocycles. The third kappa shape index (κ3) is 3.67. The van der Waals surface area contributed by atoms with Crippen LogP contribution in [0.2, 0.25) is 4.34 Å². The number of halogens is 1. The summed E-state index contributed by atoms with van der Waals surface area (Å²) in [4.78, 5) is 0. The first-order chi connectivity index (χ1) is 6.09. The zero-order valence-corrected chi connectivity index (χ0v) is 9.88. The van der Waals surface area contributed by atoms with Gasteiger partial charge in [-0.15, -0.1) is 11.3 Å². The molecule has 3 heteroatoms. The van der Waals surface area contributed by atoms with Crippen LogP contribution in [-0.2, 0) is 0 Å². The summed E-state index contributed by atoms with van der Waals surface area (Å²) in [6, 6.07) is 2.44. The fourth-order valence-corrected chi connectivity index (χ4v) is 2.07. The van der Waals surface area contributed by atoms with Crippen LogP contribution in [-0.4, -0.2) is 6.54 Å². The molecule has 0 radical (unpaired) electrons. The summed E-state index contributed by atoms with van der Waals surface area (Å²) in [5.74, 6) is 0.691. The molecule has 0 aliphatic carbocycles. The molecular weight excluding hydrogens is 202 g/mol. The van der Waals surface area contributed by atoms with E-state index in [-0.39, 0.29) is 0 Å². The van der Waals surface area contributed by atoms with Crippen LogP contribution in [0.15, 0.2) is 11.4 Å². The molecule has 0 fully saturated rings. The van der Waals surface area contributed by atoms with Crippen LogP contribution in [0.5, 0.6) is 0 Å². The van der Waals surface area contributed by atoms with Gasteiger partial charge in [0.05, 0.1) is 4.34 Å². The Kier molecular flexibility index (Phi) is 4.23. The van der Waals surface area contributed by atoms with Gasteiger partial charge in [0.1, 0.15) is 0 Å². The molecule has 13 heavy (non-hydrogen) atoms. The minimum atomic E-state index is 0.408. The lowest BCUT2D eigenvalue weighted by Gasteiger charge is -2.13. The van der Waals surface area contributed by atoms with E-state index in [1.807, 2.05) is 6.07 Å². The summed E-state index contributed by atoms with van der Waals surface area (Å²) < 4.78 is 0.869. The third-order valence-corrected chi connectivity index (χ3v) is 3.03. The first-order valence-electron chi connectivity index (χ1n) is 4.57. The zero-order valence-electron chi connectivity index (χ0n) is 8.30. The van der Waals surface area contributed by atoms with Crippen molar-refractivity contribution in [1.29, 1.82) is 0 Å². The molecule has 1 heterocycles. The van der Waals surface area contributed by atoms with Crippen LogP contribution in [0.3, 0.4) is 0 Å². The summed E-state index contributed by atoms with van der Waals surface area (Å²) >= 11 is 7.45. The second kappa shape index (κ2) is 4.99. The average Bonchev–Trinajstić information content (AvgIpc) is 2.47. The van der Waals surface area contributed by atoms with Crippen LogP contribution >= 0.6 is 22.9 Å². The lowest BCUT2D eigenvalue weighted by molar-refractivity contribution is 0.497. The molecular formula is C10H16ClNS. The van der Waals surface area contributed by atoms with Crippen LogP contribution in [0.1, 0.15) is 32.4 Å². The largest absolute Gasteiger partial charge is 0.310 e. The maximum absolute atomic E-state index is 5.86. The highest BCUT2D eigenvalue weighted by Crippen LogP contribution is 2.24. The molecule has 1 unspecified atom stereocenters. The molecule has 0 saturated carbocycles. The summed E-state index contributed by atoms with van der Waals surface area (Å²) in [6.07, 6.45) is 0. The molecule has 0 saturated heterocycles. The standard InChI is InChI=1S/C10H16ClNS/c1-7(2)5-12-8(3)9-4-10(11)13-6-9/h4,6-8,12H,5H2,1-3H3. The quantitative estimate of drug-likeness (QED) is 0.811. The minimum Gasteiger partial charge on any atom is -0.310 e. The van der Waals surface area contributed by atoms with Crippen LogP contribution in [0.4, 0.5) is 0 Å². The van der Waals surface area contributed by atoms with Crippen molar-refractivity contribution in [2.24, 2.45) is 5.92 Å². The van der Waals surface area contributed by atoms with Gasteiger partial charge in [0.15, 0.2) is 0 Å². The Morgan fingerprint density at radius 1 is 1.46 bits per heavy atom. The summed E-state index contributed by atoms with van der Waals surface area (Å²) in [5.41, 5.74) is 1.29. The van der Waals surface area contributed by atoms with Gasteiger partial charge in [0.2, 0.25) is 0 Å². The van der Waals surface area contributed by atoms with Gasteiger partial charge in [-0.1, -0.05) is 25.4 Å². The van der Waals surface area contributed by atoms with Gasteiger partial charge in [-0.2, -0.15) is 0 Å². The van der Waals surface area contributed by atoms with Crippen molar-refractivity contribution in [2.45, 2.75) is 26.8 Å². The lowest BCUT2D eigenvalue weighted by Crippen LogP contribution is -2.22. The Morgan fingerprint density at radius 3 is 2.62 bits per heavy atom. The fourth-order valence-electron chi connectivity index (χ4n) is 1.08. The first kappa shape index (κ1) is 11.0. The van der Waals surface area contributed by atoms with Crippen molar-refractivity contribution in [3.63, 3.8) is 0 Å². The molecule has 0 bridgehead atoms.